The van der Waals surface area contributed by atoms with Crippen LogP contribution in [-0.4, -0.2) is 23.5 Å². The molecule has 2 fully saturated rings. The van der Waals surface area contributed by atoms with E-state index in [0.29, 0.717) is 12.6 Å². The maximum atomic E-state index is 12.3. The Morgan fingerprint density at radius 1 is 1.26 bits per heavy atom. The molecule has 3 N–H and O–H groups in total. The maximum Gasteiger partial charge on any atom is 0.322 e. The molecule has 0 spiro atoms. The van der Waals surface area contributed by atoms with E-state index in [-0.39, 0.29) is 6.03 Å². The molecule has 102 valence electrons. The zero-order valence-corrected chi connectivity index (χ0v) is 11.1. The number of nitrogens with one attached hydrogen (secondary N) is 1. The van der Waals surface area contributed by atoms with Crippen LogP contribution in [0.15, 0.2) is 24.3 Å². The van der Waals surface area contributed by atoms with Crippen LogP contribution in [0.5, 0.6) is 0 Å². The van der Waals surface area contributed by atoms with E-state index < -0.39 is 0 Å². The molecule has 2 aliphatic rings. The topological polar surface area (TPSA) is 58.4 Å². The summed E-state index contributed by atoms with van der Waals surface area (Å²) in [7, 11) is 0. The summed E-state index contributed by atoms with van der Waals surface area (Å²) in [5, 5.41) is 2.99. The minimum atomic E-state index is 0.0508. The van der Waals surface area contributed by atoms with Crippen molar-refractivity contribution in [2.24, 2.45) is 11.7 Å². The first-order valence-corrected chi connectivity index (χ1v) is 7.14. The van der Waals surface area contributed by atoms with Crippen molar-refractivity contribution in [1.82, 2.24) is 4.90 Å². The molecule has 0 radical (unpaired) electrons. The van der Waals surface area contributed by atoms with Crippen LogP contribution in [0.3, 0.4) is 0 Å². The number of benzene rings is 1. The van der Waals surface area contributed by atoms with Crippen molar-refractivity contribution >= 4 is 11.7 Å². The summed E-state index contributed by atoms with van der Waals surface area (Å²) in [5.41, 5.74) is 7.49. The van der Waals surface area contributed by atoms with Gasteiger partial charge in [0.2, 0.25) is 0 Å². The summed E-state index contributed by atoms with van der Waals surface area (Å²) in [6.07, 6.45) is 4.90. The van der Waals surface area contributed by atoms with Crippen LogP contribution in [-0.2, 0) is 6.54 Å². The highest BCUT2D eigenvalue weighted by Gasteiger charge is 2.39. The van der Waals surface area contributed by atoms with Crippen LogP contribution >= 0.6 is 0 Å². The minimum Gasteiger partial charge on any atom is -0.326 e. The van der Waals surface area contributed by atoms with Gasteiger partial charge in [-0.1, -0.05) is 18.6 Å². The Kier molecular flexibility index (Phi) is 3.42. The molecular weight excluding hydrogens is 238 g/mol. The van der Waals surface area contributed by atoms with Gasteiger partial charge in [-0.25, -0.2) is 4.79 Å². The number of likely N-dealkylation sites (tertiary alicyclic amines) is 1. The standard InChI is InChI=1S/C15H21N3O/c16-10-11-4-6-13(7-5-11)17-15(19)18-9-8-12-2-1-3-14(12)18/h4-7,12,14H,1-3,8-10,16H2,(H,17,19). The van der Waals surface area contributed by atoms with E-state index in [2.05, 4.69) is 5.32 Å². The Morgan fingerprint density at radius 2 is 2.05 bits per heavy atom. The average Bonchev–Trinajstić information content (AvgIpc) is 3.01. The third-order valence-corrected chi connectivity index (χ3v) is 4.46. The van der Waals surface area contributed by atoms with Crippen molar-refractivity contribution < 1.29 is 4.79 Å². The fourth-order valence-corrected chi connectivity index (χ4v) is 3.41. The molecule has 1 aromatic rings. The van der Waals surface area contributed by atoms with Crippen LogP contribution in [0.1, 0.15) is 31.2 Å². The molecule has 1 heterocycles. The molecule has 4 nitrogen and oxygen atoms in total. The van der Waals surface area contributed by atoms with E-state index in [1.807, 2.05) is 29.2 Å². The zero-order chi connectivity index (χ0) is 13.2. The molecule has 2 atom stereocenters. The van der Waals surface area contributed by atoms with Gasteiger partial charge in [0.25, 0.3) is 0 Å². The van der Waals surface area contributed by atoms with E-state index in [9.17, 15) is 4.79 Å². The number of anilines is 1. The molecule has 1 saturated carbocycles. The van der Waals surface area contributed by atoms with Crippen LogP contribution in [0.4, 0.5) is 10.5 Å². The number of fused-ring (bicyclic) bond motifs is 1. The van der Waals surface area contributed by atoms with Crippen LogP contribution in [0.25, 0.3) is 0 Å². The molecule has 0 bridgehead atoms. The lowest BCUT2D eigenvalue weighted by molar-refractivity contribution is 0.203. The summed E-state index contributed by atoms with van der Waals surface area (Å²) in [6, 6.07) is 8.28. The van der Waals surface area contributed by atoms with Crippen molar-refractivity contribution in [2.45, 2.75) is 38.3 Å². The smallest absolute Gasteiger partial charge is 0.322 e. The molecule has 0 aromatic heterocycles. The Balaban J connectivity index is 1.64. The first-order valence-electron chi connectivity index (χ1n) is 7.14. The molecule has 3 rings (SSSR count). The summed E-state index contributed by atoms with van der Waals surface area (Å²) in [4.78, 5) is 14.3. The second-order valence-corrected chi connectivity index (χ2v) is 5.57. The maximum absolute atomic E-state index is 12.3. The van der Waals surface area contributed by atoms with E-state index in [1.165, 1.54) is 25.7 Å². The Hall–Kier alpha value is -1.55. The van der Waals surface area contributed by atoms with E-state index >= 15 is 0 Å². The molecule has 4 heteroatoms. The number of urea groups is 1. The monoisotopic (exact) mass is 259 g/mol. The third kappa shape index (κ3) is 2.45. The lowest BCUT2D eigenvalue weighted by atomic mass is 10.1. The highest BCUT2D eigenvalue weighted by molar-refractivity contribution is 5.89. The van der Waals surface area contributed by atoms with Gasteiger partial charge in [-0.3, -0.25) is 0 Å². The first kappa shape index (κ1) is 12.5. The predicted octanol–water partition coefficient (Wildman–Crippen LogP) is 2.55. The molecular formula is C15H21N3O. The predicted molar refractivity (Wildman–Crippen MR) is 75.8 cm³/mol. The molecule has 1 aliphatic heterocycles. The second-order valence-electron chi connectivity index (χ2n) is 5.57. The average molecular weight is 259 g/mol. The van der Waals surface area contributed by atoms with Gasteiger partial charge >= 0.3 is 6.03 Å². The van der Waals surface area contributed by atoms with Crippen molar-refractivity contribution in [2.75, 3.05) is 11.9 Å². The highest BCUT2D eigenvalue weighted by Crippen LogP contribution is 2.37. The van der Waals surface area contributed by atoms with Crippen molar-refractivity contribution in [1.29, 1.82) is 0 Å². The van der Waals surface area contributed by atoms with Gasteiger partial charge in [-0.15, -0.1) is 0 Å². The number of nitrogens with zero attached hydrogens (tertiary/aromatic N) is 1. The highest BCUT2D eigenvalue weighted by atomic mass is 16.2. The fourth-order valence-electron chi connectivity index (χ4n) is 3.41. The van der Waals surface area contributed by atoms with Gasteiger partial charge in [0, 0.05) is 24.8 Å². The summed E-state index contributed by atoms with van der Waals surface area (Å²) < 4.78 is 0. The Labute approximate surface area is 114 Å². The summed E-state index contributed by atoms with van der Waals surface area (Å²) >= 11 is 0. The summed E-state index contributed by atoms with van der Waals surface area (Å²) in [5.74, 6) is 0.741. The number of hydrogen-bond acceptors (Lipinski definition) is 2. The lowest BCUT2D eigenvalue weighted by Crippen LogP contribution is -2.39. The van der Waals surface area contributed by atoms with Crippen LogP contribution in [0.2, 0.25) is 0 Å². The number of carbonyl (C=O) groups is 1. The Morgan fingerprint density at radius 3 is 2.79 bits per heavy atom. The zero-order valence-electron chi connectivity index (χ0n) is 11.1. The quantitative estimate of drug-likeness (QED) is 0.857. The minimum absolute atomic E-state index is 0.0508. The molecule has 1 aromatic carbocycles. The normalized spacial score (nSPS) is 25.4. The van der Waals surface area contributed by atoms with Gasteiger partial charge in [0.05, 0.1) is 0 Å². The van der Waals surface area contributed by atoms with Gasteiger partial charge in [0.15, 0.2) is 0 Å². The van der Waals surface area contributed by atoms with Gasteiger partial charge in [-0.2, -0.15) is 0 Å². The number of carbonyl (C=O) groups excluding carboxylic acids is 1. The SMILES string of the molecule is NCc1ccc(NC(=O)N2CCC3CCCC32)cc1. The largest absolute Gasteiger partial charge is 0.326 e. The Bertz CT molecular complexity index is 457. The summed E-state index contributed by atoms with van der Waals surface area (Å²) in [6.45, 7) is 1.44. The van der Waals surface area contributed by atoms with Crippen LogP contribution < -0.4 is 11.1 Å². The molecule has 2 amide bonds. The van der Waals surface area contributed by atoms with Gasteiger partial charge in [-0.05, 0) is 42.9 Å². The van der Waals surface area contributed by atoms with Crippen molar-refractivity contribution in [3.63, 3.8) is 0 Å². The van der Waals surface area contributed by atoms with E-state index in [4.69, 9.17) is 5.73 Å². The number of amides is 2. The van der Waals surface area contributed by atoms with E-state index in [0.717, 1.165) is 23.7 Å². The second kappa shape index (κ2) is 5.21. The molecule has 2 unspecified atom stereocenters. The molecule has 19 heavy (non-hydrogen) atoms. The van der Waals surface area contributed by atoms with Gasteiger partial charge < -0.3 is 16.0 Å². The number of rotatable bonds is 2. The number of hydrogen-bond donors (Lipinski definition) is 2. The lowest BCUT2D eigenvalue weighted by Gasteiger charge is -2.24. The molecule has 1 saturated heterocycles. The number of nitrogens with two attached hydrogens (primary N) is 1. The van der Waals surface area contributed by atoms with Crippen LogP contribution in [0, 0.1) is 5.92 Å². The molecule has 1 aliphatic carbocycles. The van der Waals surface area contributed by atoms with E-state index in [1.54, 1.807) is 0 Å². The fraction of sp³-hybridized carbons (Fsp3) is 0.533. The van der Waals surface area contributed by atoms with Crippen molar-refractivity contribution in [3.05, 3.63) is 29.8 Å². The van der Waals surface area contributed by atoms with Gasteiger partial charge in [0.1, 0.15) is 0 Å². The van der Waals surface area contributed by atoms with Crippen molar-refractivity contribution in [3.8, 4) is 0 Å². The third-order valence-electron chi connectivity index (χ3n) is 4.46. The first-order chi connectivity index (χ1) is 9.28.